The van der Waals surface area contributed by atoms with Crippen LogP contribution in [0.4, 0.5) is 0 Å². The Morgan fingerprint density at radius 3 is 2.29 bits per heavy atom. The quantitative estimate of drug-likeness (QED) is 0.770. The first-order valence-corrected chi connectivity index (χ1v) is 5.04. The van der Waals surface area contributed by atoms with Crippen LogP contribution in [0.5, 0.6) is 5.75 Å². The van der Waals surface area contributed by atoms with Crippen molar-refractivity contribution >= 4 is 17.2 Å². The first-order valence-electron chi connectivity index (χ1n) is 4.63. The molecule has 0 atom stereocenters. The van der Waals surface area contributed by atoms with Gasteiger partial charge in [0.25, 0.3) is 0 Å². The highest BCUT2D eigenvalue weighted by molar-refractivity contribution is 7.80. The molecular weight excluding hydrogens is 194 g/mol. The molecule has 0 aliphatic heterocycles. The van der Waals surface area contributed by atoms with E-state index in [1.165, 1.54) is 5.56 Å². The van der Waals surface area contributed by atoms with Gasteiger partial charge in [0.1, 0.15) is 5.75 Å². The highest BCUT2D eigenvalue weighted by Crippen LogP contribution is 2.48. The van der Waals surface area contributed by atoms with Gasteiger partial charge in [0, 0.05) is 5.41 Å². The molecule has 0 saturated heterocycles. The van der Waals surface area contributed by atoms with Crippen LogP contribution >= 0.6 is 12.2 Å². The smallest absolute Gasteiger partial charge is 0.118 e. The molecule has 74 valence electrons. The van der Waals surface area contributed by atoms with Crippen LogP contribution in [-0.2, 0) is 5.41 Å². The second-order valence-electron chi connectivity index (χ2n) is 3.67. The fraction of sp³-hybridized carbons (Fsp3) is 0.364. The topological polar surface area (TPSA) is 35.2 Å². The van der Waals surface area contributed by atoms with Crippen molar-refractivity contribution in [3.63, 3.8) is 0 Å². The van der Waals surface area contributed by atoms with Crippen LogP contribution < -0.4 is 10.5 Å². The van der Waals surface area contributed by atoms with Crippen LogP contribution in [0.2, 0.25) is 0 Å². The lowest BCUT2D eigenvalue weighted by Crippen LogP contribution is -2.26. The molecule has 1 aliphatic rings. The molecule has 14 heavy (non-hydrogen) atoms. The predicted octanol–water partition coefficient (Wildman–Crippen LogP) is 2.01. The highest BCUT2D eigenvalue weighted by atomic mass is 32.1. The normalized spacial score (nSPS) is 17.5. The fourth-order valence-corrected chi connectivity index (χ4v) is 2.03. The Kier molecular flexibility index (Phi) is 2.19. The first-order chi connectivity index (χ1) is 6.69. The van der Waals surface area contributed by atoms with E-state index in [1.807, 2.05) is 24.3 Å². The number of rotatable bonds is 3. The zero-order valence-corrected chi connectivity index (χ0v) is 8.93. The average Bonchev–Trinajstić information content (AvgIpc) is 2.99. The number of methoxy groups -OCH3 is 1. The number of thiocarbonyl (C=S) groups is 1. The van der Waals surface area contributed by atoms with E-state index in [0.29, 0.717) is 4.99 Å². The maximum absolute atomic E-state index is 5.74. The Hall–Kier alpha value is -1.09. The van der Waals surface area contributed by atoms with Gasteiger partial charge in [-0.25, -0.2) is 0 Å². The van der Waals surface area contributed by atoms with Crippen LogP contribution in [0.15, 0.2) is 24.3 Å². The minimum atomic E-state index is -0.0123. The van der Waals surface area contributed by atoms with E-state index in [-0.39, 0.29) is 5.41 Å². The Labute approximate surface area is 89.1 Å². The zero-order valence-electron chi connectivity index (χ0n) is 8.12. The Balaban J connectivity index is 2.29. The zero-order chi connectivity index (χ0) is 10.2. The maximum atomic E-state index is 5.74. The molecule has 1 aromatic carbocycles. The van der Waals surface area contributed by atoms with Gasteiger partial charge < -0.3 is 10.5 Å². The maximum Gasteiger partial charge on any atom is 0.118 e. The Morgan fingerprint density at radius 1 is 1.36 bits per heavy atom. The van der Waals surface area contributed by atoms with E-state index in [9.17, 15) is 0 Å². The van der Waals surface area contributed by atoms with E-state index in [4.69, 9.17) is 22.7 Å². The monoisotopic (exact) mass is 207 g/mol. The lowest BCUT2D eigenvalue weighted by atomic mass is 9.96. The van der Waals surface area contributed by atoms with Crippen molar-refractivity contribution < 1.29 is 4.74 Å². The van der Waals surface area contributed by atoms with Crippen LogP contribution in [0.1, 0.15) is 18.4 Å². The summed E-state index contributed by atoms with van der Waals surface area (Å²) in [5.41, 5.74) is 6.94. The number of hydrogen-bond donors (Lipinski definition) is 1. The molecule has 2 rings (SSSR count). The molecule has 1 aliphatic carbocycles. The van der Waals surface area contributed by atoms with Gasteiger partial charge in [-0.1, -0.05) is 24.4 Å². The van der Waals surface area contributed by atoms with Gasteiger partial charge in [-0.15, -0.1) is 0 Å². The summed E-state index contributed by atoms with van der Waals surface area (Å²) < 4.78 is 5.10. The van der Waals surface area contributed by atoms with Gasteiger partial charge in [-0.05, 0) is 30.5 Å². The van der Waals surface area contributed by atoms with Crippen LogP contribution in [-0.4, -0.2) is 12.1 Å². The molecular formula is C11H13NOS. The Bertz CT molecular complexity index is 354. The van der Waals surface area contributed by atoms with Gasteiger partial charge in [0.05, 0.1) is 12.1 Å². The van der Waals surface area contributed by atoms with E-state index >= 15 is 0 Å². The molecule has 0 heterocycles. The number of nitrogens with two attached hydrogens (primary N) is 1. The molecule has 1 saturated carbocycles. The summed E-state index contributed by atoms with van der Waals surface area (Å²) in [4.78, 5) is 0.614. The van der Waals surface area contributed by atoms with E-state index in [0.717, 1.165) is 18.6 Å². The second-order valence-corrected chi connectivity index (χ2v) is 4.11. The third kappa shape index (κ3) is 1.38. The molecule has 0 spiro atoms. The molecule has 1 fully saturated rings. The second kappa shape index (κ2) is 3.24. The molecule has 2 N–H and O–H groups in total. The third-order valence-corrected chi connectivity index (χ3v) is 3.26. The van der Waals surface area contributed by atoms with Crippen molar-refractivity contribution in [2.45, 2.75) is 18.3 Å². The van der Waals surface area contributed by atoms with Gasteiger partial charge >= 0.3 is 0 Å². The fourth-order valence-electron chi connectivity index (χ4n) is 1.71. The van der Waals surface area contributed by atoms with Gasteiger partial charge in [-0.2, -0.15) is 0 Å². The summed E-state index contributed by atoms with van der Waals surface area (Å²) in [5.74, 6) is 0.868. The molecule has 0 radical (unpaired) electrons. The molecule has 0 amide bonds. The van der Waals surface area contributed by atoms with Crippen molar-refractivity contribution in [2.24, 2.45) is 5.73 Å². The largest absolute Gasteiger partial charge is 0.497 e. The standard InChI is InChI=1S/C11H13NOS/c1-13-9-4-2-8(3-5-9)11(6-7-11)10(12)14/h2-5H,6-7H2,1H3,(H2,12,14). The highest BCUT2D eigenvalue weighted by Gasteiger charge is 2.47. The summed E-state index contributed by atoms with van der Waals surface area (Å²) in [7, 11) is 1.66. The molecule has 1 aromatic rings. The number of benzene rings is 1. The summed E-state index contributed by atoms with van der Waals surface area (Å²) in [6.45, 7) is 0. The lowest BCUT2D eigenvalue weighted by molar-refractivity contribution is 0.414. The molecule has 3 heteroatoms. The third-order valence-electron chi connectivity index (χ3n) is 2.86. The van der Waals surface area contributed by atoms with Crippen LogP contribution in [0.3, 0.4) is 0 Å². The number of ether oxygens (including phenoxy) is 1. The molecule has 0 unspecified atom stereocenters. The van der Waals surface area contributed by atoms with Crippen LogP contribution in [0.25, 0.3) is 0 Å². The molecule has 0 bridgehead atoms. The summed E-state index contributed by atoms with van der Waals surface area (Å²) in [5, 5.41) is 0. The Morgan fingerprint density at radius 2 is 1.93 bits per heavy atom. The summed E-state index contributed by atoms with van der Waals surface area (Å²) in [6, 6.07) is 8.00. The van der Waals surface area contributed by atoms with Gasteiger partial charge in [-0.3, -0.25) is 0 Å². The van der Waals surface area contributed by atoms with E-state index < -0.39 is 0 Å². The van der Waals surface area contributed by atoms with Crippen molar-refractivity contribution in [3.05, 3.63) is 29.8 Å². The predicted molar refractivity (Wildman–Crippen MR) is 60.7 cm³/mol. The minimum Gasteiger partial charge on any atom is -0.497 e. The van der Waals surface area contributed by atoms with Crippen molar-refractivity contribution in [1.82, 2.24) is 0 Å². The SMILES string of the molecule is COc1ccc(C2(C(N)=S)CC2)cc1. The first kappa shape index (κ1) is 9.46. The van der Waals surface area contributed by atoms with E-state index in [1.54, 1.807) is 7.11 Å². The van der Waals surface area contributed by atoms with E-state index in [2.05, 4.69) is 0 Å². The summed E-state index contributed by atoms with van der Waals surface area (Å²) >= 11 is 5.08. The molecule has 2 nitrogen and oxygen atoms in total. The summed E-state index contributed by atoms with van der Waals surface area (Å²) in [6.07, 6.45) is 2.16. The number of hydrogen-bond acceptors (Lipinski definition) is 2. The minimum absolute atomic E-state index is 0.0123. The van der Waals surface area contributed by atoms with Gasteiger partial charge in [0.2, 0.25) is 0 Å². The van der Waals surface area contributed by atoms with Crippen molar-refractivity contribution in [1.29, 1.82) is 0 Å². The lowest BCUT2D eigenvalue weighted by Gasteiger charge is -2.13. The van der Waals surface area contributed by atoms with Crippen molar-refractivity contribution in [2.75, 3.05) is 7.11 Å². The molecule has 0 aromatic heterocycles. The van der Waals surface area contributed by atoms with Gasteiger partial charge in [0.15, 0.2) is 0 Å². The van der Waals surface area contributed by atoms with Crippen molar-refractivity contribution in [3.8, 4) is 5.75 Å². The average molecular weight is 207 g/mol. The van der Waals surface area contributed by atoms with Crippen LogP contribution in [0, 0.1) is 0 Å².